The Labute approximate surface area is 177 Å². The van der Waals surface area contributed by atoms with Crippen molar-refractivity contribution in [2.45, 2.75) is 11.1 Å². The molecule has 0 radical (unpaired) electrons. The molecule has 30 heavy (non-hydrogen) atoms. The Morgan fingerprint density at radius 2 is 1.73 bits per heavy atom. The lowest BCUT2D eigenvalue weighted by atomic mass is 10.1. The predicted octanol–water partition coefficient (Wildman–Crippen LogP) is 3.67. The maximum atomic E-state index is 13.5. The van der Waals surface area contributed by atoms with Crippen LogP contribution in [-0.2, 0) is 6.18 Å². The van der Waals surface area contributed by atoms with E-state index < -0.39 is 28.6 Å². The Balaban J connectivity index is 2.40. The summed E-state index contributed by atoms with van der Waals surface area (Å²) >= 11 is 2.35. The number of halogens is 3. The fourth-order valence-electron chi connectivity index (χ4n) is 2.75. The second-order valence-corrected chi connectivity index (χ2v) is 7.85. The van der Waals surface area contributed by atoms with Crippen LogP contribution in [0.15, 0.2) is 58.2 Å². The van der Waals surface area contributed by atoms with Crippen LogP contribution in [0, 0.1) is 22.7 Å². The number of nitrogens with zero attached hydrogens (tertiary/aromatic N) is 3. The van der Waals surface area contributed by atoms with Crippen LogP contribution in [0.4, 0.5) is 13.2 Å². The summed E-state index contributed by atoms with van der Waals surface area (Å²) in [5.41, 5.74) is -1.96. The van der Waals surface area contributed by atoms with Crippen LogP contribution in [0.2, 0.25) is 0 Å². The quantitative estimate of drug-likeness (QED) is 0.580. The summed E-state index contributed by atoms with van der Waals surface area (Å²) in [5.74, 6) is 0. The monoisotopic (exact) mass is 443 g/mol. The molecule has 0 atom stereocenters. The van der Waals surface area contributed by atoms with E-state index in [1.165, 1.54) is 18.2 Å². The van der Waals surface area contributed by atoms with E-state index in [0.717, 1.165) is 32.9 Å². The third kappa shape index (κ3) is 4.18. The number of aromatic nitrogens is 1. The molecular weight excluding hydrogens is 431 g/mol. The summed E-state index contributed by atoms with van der Waals surface area (Å²) in [5, 5.41) is 18.5. The minimum Gasteiger partial charge on any atom is -0.267 e. The molecule has 0 fully saturated rings. The topological polar surface area (TPSA) is 69.6 Å². The van der Waals surface area contributed by atoms with Gasteiger partial charge in [0.2, 0.25) is 0 Å². The molecule has 0 spiro atoms. The lowest BCUT2D eigenvalue weighted by Crippen LogP contribution is -2.32. The summed E-state index contributed by atoms with van der Waals surface area (Å²) < 4.78 is 41.3. The van der Waals surface area contributed by atoms with Gasteiger partial charge in [-0.2, -0.15) is 23.7 Å². The van der Waals surface area contributed by atoms with Crippen LogP contribution < -0.4 is 14.8 Å². The zero-order chi connectivity index (χ0) is 21.9. The Bertz CT molecular complexity index is 1340. The maximum Gasteiger partial charge on any atom is 0.418 e. The number of hydrogen-bond acceptors (Lipinski definition) is 5. The molecule has 0 amide bonds. The van der Waals surface area contributed by atoms with Crippen molar-refractivity contribution >= 4 is 34.7 Å². The molecule has 2 aromatic carbocycles. The number of nitriles is 2. The van der Waals surface area contributed by atoms with Crippen molar-refractivity contribution in [3.05, 3.63) is 79.2 Å². The molecule has 150 valence electrons. The van der Waals surface area contributed by atoms with Crippen molar-refractivity contribution < 1.29 is 13.2 Å². The summed E-state index contributed by atoms with van der Waals surface area (Å²) in [4.78, 5) is 14.1. The molecule has 9 heteroatoms. The minimum atomic E-state index is -4.72. The standard InChI is InChI=1S/C21H12F3N3OS2/c1-29-15-8-6-13(7-9-15)10-18-19(28)27(20(30-18)14(11-25)12-26)17-5-3-2-4-16(17)21(22,23)24/h2-10H,1H3. The number of thioether (sulfide) groups is 1. The highest BCUT2D eigenvalue weighted by Gasteiger charge is 2.34. The summed E-state index contributed by atoms with van der Waals surface area (Å²) in [6.07, 6.45) is -1.27. The molecule has 3 rings (SSSR count). The predicted molar refractivity (Wildman–Crippen MR) is 111 cm³/mol. The van der Waals surface area contributed by atoms with Crippen LogP contribution in [0.1, 0.15) is 11.1 Å². The summed E-state index contributed by atoms with van der Waals surface area (Å²) in [7, 11) is 0. The first kappa shape index (κ1) is 21.4. The van der Waals surface area contributed by atoms with Crippen molar-refractivity contribution in [2.24, 2.45) is 0 Å². The Hall–Kier alpha value is -3.27. The lowest BCUT2D eigenvalue weighted by molar-refractivity contribution is -0.137. The third-order valence-corrected chi connectivity index (χ3v) is 5.96. The highest BCUT2D eigenvalue weighted by atomic mass is 32.2. The van der Waals surface area contributed by atoms with E-state index in [0.29, 0.717) is 5.56 Å². The van der Waals surface area contributed by atoms with Crippen molar-refractivity contribution in [1.82, 2.24) is 4.57 Å². The largest absolute Gasteiger partial charge is 0.418 e. The van der Waals surface area contributed by atoms with Crippen molar-refractivity contribution in [2.75, 3.05) is 6.26 Å². The second-order valence-electron chi connectivity index (χ2n) is 5.94. The number of benzene rings is 2. The van der Waals surface area contributed by atoms with Gasteiger partial charge in [0.1, 0.15) is 16.8 Å². The van der Waals surface area contributed by atoms with E-state index >= 15 is 0 Å². The Morgan fingerprint density at radius 1 is 1.10 bits per heavy atom. The van der Waals surface area contributed by atoms with Gasteiger partial charge in [0.05, 0.1) is 15.8 Å². The first-order valence-corrected chi connectivity index (χ1v) is 10.4. The van der Waals surface area contributed by atoms with Gasteiger partial charge >= 0.3 is 6.18 Å². The van der Waals surface area contributed by atoms with Crippen LogP contribution in [0.5, 0.6) is 0 Å². The third-order valence-electron chi connectivity index (χ3n) is 4.12. The Morgan fingerprint density at radius 3 is 2.30 bits per heavy atom. The van der Waals surface area contributed by atoms with Crippen LogP contribution >= 0.6 is 23.1 Å². The SMILES string of the molecule is CSc1ccc(C=c2sc(=C(C#N)C#N)n(-c3ccccc3C(F)(F)F)c2=O)cc1. The van der Waals surface area contributed by atoms with Gasteiger partial charge in [-0.25, -0.2) is 0 Å². The molecule has 4 nitrogen and oxygen atoms in total. The van der Waals surface area contributed by atoms with Crippen LogP contribution in [0.3, 0.4) is 0 Å². The highest BCUT2D eigenvalue weighted by molar-refractivity contribution is 7.98. The molecule has 0 saturated carbocycles. The molecule has 1 heterocycles. The van der Waals surface area contributed by atoms with Gasteiger partial charge in [-0.3, -0.25) is 9.36 Å². The fraction of sp³-hybridized carbons (Fsp3) is 0.0952. The molecule has 1 aromatic heterocycles. The molecule has 0 aliphatic rings. The fourth-order valence-corrected chi connectivity index (χ4v) is 4.21. The summed E-state index contributed by atoms with van der Waals surface area (Å²) in [6, 6.07) is 15.2. The normalized spacial score (nSPS) is 11.7. The van der Waals surface area contributed by atoms with Gasteiger partial charge in [0.25, 0.3) is 5.56 Å². The van der Waals surface area contributed by atoms with Crippen molar-refractivity contribution in [1.29, 1.82) is 10.5 Å². The number of para-hydroxylation sites is 1. The van der Waals surface area contributed by atoms with Crippen LogP contribution in [0.25, 0.3) is 17.3 Å². The first-order chi connectivity index (χ1) is 14.3. The molecular formula is C21H12F3N3OS2. The van der Waals surface area contributed by atoms with Gasteiger partial charge in [-0.1, -0.05) is 24.3 Å². The molecule has 0 bridgehead atoms. The van der Waals surface area contributed by atoms with Gasteiger partial charge in [0.15, 0.2) is 5.57 Å². The van der Waals surface area contributed by atoms with Crippen molar-refractivity contribution in [3.8, 4) is 17.8 Å². The van der Waals surface area contributed by atoms with Crippen LogP contribution in [-0.4, -0.2) is 10.8 Å². The lowest BCUT2D eigenvalue weighted by Gasteiger charge is -2.12. The van der Waals surface area contributed by atoms with E-state index in [1.807, 2.05) is 18.4 Å². The van der Waals surface area contributed by atoms with E-state index in [4.69, 9.17) is 0 Å². The molecule has 0 aliphatic heterocycles. The van der Waals surface area contributed by atoms with E-state index in [2.05, 4.69) is 0 Å². The van der Waals surface area contributed by atoms with Gasteiger partial charge < -0.3 is 0 Å². The van der Waals surface area contributed by atoms with Gasteiger partial charge in [-0.15, -0.1) is 23.1 Å². The smallest absolute Gasteiger partial charge is 0.267 e. The van der Waals surface area contributed by atoms with Crippen molar-refractivity contribution in [3.63, 3.8) is 0 Å². The molecule has 0 aliphatic carbocycles. The van der Waals surface area contributed by atoms with Gasteiger partial charge in [-0.05, 0) is 42.2 Å². The van der Waals surface area contributed by atoms with E-state index in [-0.39, 0.29) is 9.20 Å². The number of thiazole rings is 1. The zero-order valence-corrected chi connectivity index (χ0v) is 17.0. The first-order valence-electron chi connectivity index (χ1n) is 8.39. The Kier molecular flexibility index (Phi) is 6.16. The van der Waals surface area contributed by atoms with Gasteiger partial charge in [0, 0.05) is 4.90 Å². The molecule has 0 saturated heterocycles. The number of rotatable bonds is 3. The average Bonchev–Trinajstić information content (AvgIpc) is 3.04. The number of alkyl halides is 3. The van der Waals surface area contributed by atoms with E-state index in [9.17, 15) is 28.5 Å². The number of hydrogen-bond donors (Lipinski definition) is 0. The molecule has 3 aromatic rings. The molecule has 0 unspecified atom stereocenters. The highest BCUT2D eigenvalue weighted by Crippen LogP contribution is 2.32. The van der Waals surface area contributed by atoms with E-state index in [1.54, 1.807) is 36.0 Å². The minimum absolute atomic E-state index is 0.113. The second kappa shape index (κ2) is 8.62. The maximum absolute atomic E-state index is 13.5. The average molecular weight is 443 g/mol. The molecule has 0 N–H and O–H groups in total. The summed E-state index contributed by atoms with van der Waals surface area (Å²) in [6.45, 7) is 0. The zero-order valence-electron chi connectivity index (χ0n) is 15.4.